The summed E-state index contributed by atoms with van der Waals surface area (Å²) in [5, 5.41) is 0. The van der Waals surface area contributed by atoms with Crippen molar-refractivity contribution >= 4 is 0 Å². The summed E-state index contributed by atoms with van der Waals surface area (Å²) in [4.78, 5) is 0. The van der Waals surface area contributed by atoms with Gasteiger partial charge in [-0.15, -0.1) is 0 Å². The molecule has 0 aromatic heterocycles. The molecule has 0 amide bonds. The molecule has 0 aromatic rings. The van der Waals surface area contributed by atoms with Gasteiger partial charge in [0.25, 0.3) is 0 Å². The SMILES string of the molecule is CCOCCC1(CN)CCC(C(C)C)CC1. The molecule has 0 saturated heterocycles. The lowest BCUT2D eigenvalue weighted by atomic mass is 9.66. The molecular formula is C14H29NO. The van der Waals surface area contributed by atoms with Crippen molar-refractivity contribution < 1.29 is 4.74 Å². The largest absolute Gasteiger partial charge is 0.382 e. The maximum absolute atomic E-state index is 5.99. The van der Waals surface area contributed by atoms with Gasteiger partial charge in [-0.1, -0.05) is 13.8 Å². The van der Waals surface area contributed by atoms with E-state index in [9.17, 15) is 0 Å². The van der Waals surface area contributed by atoms with E-state index in [1.807, 2.05) is 0 Å². The lowest BCUT2D eigenvalue weighted by Gasteiger charge is -2.40. The van der Waals surface area contributed by atoms with Gasteiger partial charge in [0.2, 0.25) is 0 Å². The van der Waals surface area contributed by atoms with Gasteiger partial charge in [0.1, 0.15) is 0 Å². The van der Waals surface area contributed by atoms with Crippen LogP contribution in [-0.4, -0.2) is 19.8 Å². The van der Waals surface area contributed by atoms with Gasteiger partial charge in [-0.25, -0.2) is 0 Å². The van der Waals surface area contributed by atoms with E-state index in [1.165, 1.54) is 25.7 Å². The highest BCUT2D eigenvalue weighted by Gasteiger charge is 2.34. The van der Waals surface area contributed by atoms with Crippen molar-refractivity contribution in [1.29, 1.82) is 0 Å². The molecule has 0 radical (unpaired) electrons. The van der Waals surface area contributed by atoms with Gasteiger partial charge in [0.15, 0.2) is 0 Å². The molecule has 1 saturated carbocycles. The van der Waals surface area contributed by atoms with Crippen LogP contribution in [0.5, 0.6) is 0 Å². The fourth-order valence-electron chi connectivity index (χ4n) is 2.91. The van der Waals surface area contributed by atoms with E-state index >= 15 is 0 Å². The molecule has 1 aliphatic rings. The normalized spacial score (nSPS) is 30.9. The zero-order valence-corrected chi connectivity index (χ0v) is 11.3. The van der Waals surface area contributed by atoms with Crippen molar-refractivity contribution in [3.63, 3.8) is 0 Å². The Hall–Kier alpha value is -0.0800. The Balaban J connectivity index is 2.38. The minimum Gasteiger partial charge on any atom is -0.382 e. The van der Waals surface area contributed by atoms with Gasteiger partial charge >= 0.3 is 0 Å². The summed E-state index contributed by atoms with van der Waals surface area (Å²) in [5.41, 5.74) is 6.38. The van der Waals surface area contributed by atoms with Crippen molar-refractivity contribution in [2.45, 2.75) is 52.9 Å². The fraction of sp³-hybridized carbons (Fsp3) is 1.00. The molecule has 96 valence electrons. The standard InChI is InChI=1S/C14H29NO/c1-4-16-10-9-14(11-15)7-5-13(6-8-14)12(2)3/h12-13H,4-11,15H2,1-3H3. The maximum Gasteiger partial charge on any atom is 0.0471 e. The van der Waals surface area contributed by atoms with Gasteiger partial charge in [-0.2, -0.15) is 0 Å². The average molecular weight is 227 g/mol. The van der Waals surface area contributed by atoms with Crippen molar-refractivity contribution in [3.8, 4) is 0 Å². The zero-order chi connectivity index (χ0) is 12.0. The summed E-state index contributed by atoms with van der Waals surface area (Å²) in [6, 6.07) is 0. The van der Waals surface area contributed by atoms with Crippen LogP contribution < -0.4 is 5.73 Å². The van der Waals surface area contributed by atoms with Crippen LogP contribution in [0.1, 0.15) is 52.9 Å². The first-order chi connectivity index (χ1) is 7.63. The molecule has 1 aliphatic carbocycles. The molecule has 1 rings (SSSR count). The van der Waals surface area contributed by atoms with Crippen LogP contribution >= 0.6 is 0 Å². The zero-order valence-electron chi connectivity index (χ0n) is 11.3. The number of rotatable bonds is 6. The van der Waals surface area contributed by atoms with Crippen LogP contribution in [0, 0.1) is 17.3 Å². The third kappa shape index (κ3) is 3.74. The first kappa shape index (κ1) is 14.0. The molecule has 2 nitrogen and oxygen atoms in total. The van der Waals surface area contributed by atoms with E-state index in [0.29, 0.717) is 5.41 Å². The molecule has 1 fully saturated rings. The Morgan fingerprint density at radius 3 is 2.38 bits per heavy atom. The highest BCUT2D eigenvalue weighted by atomic mass is 16.5. The Labute approximate surface area is 101 Å². The first-order valence-electron chi connectivity index (χ1n) is 6.91. The lowest BCUT2D eigenvalue weighted by molar-refractivity contribution is 0.0660. The summed E-state index contributed by atoms with van der Waals surface area (Å²) < 4.78 is 5.48. The Morgan fingerprint density at radius 1 is 1.31 bits per heavy atom. The second-order valence-electron chi connectivity index (χ2n) is 5.73. The molecule has 0 atom stereocenters. The molecule has 16 heavy (non-hydrogen) atoms. The topological polar surface area (TPSA) is 35.2 Å². The highest BCUT2D eigenvalue weighted by molar-refractivity contribution is 4.87. The van der Waals surface area contributed by atoms with E-state index < -0.39 is 0 Å². The second-order valence-corrected chi connectivity index (χ2v) is 5.73. The van der Waals surface area contributed by atoms with E-state index in [-0.39, 0.29) is 0 Å². The molecule has 0 aliphatic heterocycles. The molecule has 0 aromatic carbocycles. The molecule has 0 bridgehead atoms. The third-order valence-corrected chi connectivity index (χ3v) is 4.45. The number of ether oxygens (including phenoxy) is 1. The maximum atomic E-state index is 5.99. The minimum atomic E-state index is 0.389. The van der Waals surface area contributed by atoms with E-state index in [0.717, 1.165) is 38.0 Å². The van der Waals surface area contributed by atoms with E-state index in [2.05, 4.69) is 20.8 Å². The van der Waals surface area contributed by atoms with Crippen molar-refractivity contribution in [2.24, 2.45) is 23.0 Å². The summed E-state index contributed by atoms with van der Waals surface area (Å²) >= 11 is 0. The number of nitrogens with two attached hydrogens (primary N) is 1. The van der Waals surface area contributed by atoms with Gasteiger partial charge < -0.3 is 10.5 Å². The smallest absolute Gasteiger partial charge is 0.0471 e. The summed E-state index contributed by atoms with van der Waals surface area (Å²) in [7, 11) is 0. The van der Waals surface area contributed by atoms with Crippen LogP contribution in [0.3, 0.4) is 0 Å². The lowest BCUT2D eigenvalue weighted by Crippen LogP contribution is -2.36. The molecular weight excluding hydrogens is 198 g/mol. The Bertz CT molecular complexity index is 183. The van der Waals surface area contributed by atoms with Crippen molar-refractivity contribution in [2.75, 3.05) is 19.8 Å². The Morgan fingerprint density at radius 2 is 1.94 bits per heavy atom. The Kier molecular flexibility index (Phi) is 5.77. The molecule has 2 N–H and O–H groups in total. The minimum absolute atomic E-state index is 0.389. The molecule has 0 unspecified atom stereocenters. The van der Waals surface area contributed by atoms with Crippen LogP contribution in [-0.2, 0) is 4.74 Å². The van der Waals surface area contributed by atoms with E-state index in [1.54, 1.807) is 0 Å². The summed E-state index contributed by atoms with van der Waals surface area (Å²) in [6.45, 7) is 9.31. The molecule has 0 heterocycles. The van der Waals surface area contributed by atoms with Crippen LogP contribution in [0.2, 0.25) is 0 Å². The molecule has 2 heteroatoms. The second kappa shape index (κ2) is 6.61. The predicted molar refractivity (Wildman–Crippen MR) is 69.4 cm³/mol. The number of hydrogen-bond acceptors (Lipinski definition) is 2. The van der Waals surface area contributed by atoms with Crippen molar-refractivity contribution in [1.82, 2.24) is 0 Å². The van der Waals surface area contributed by atoms with Gasteiger partial charge in [0, 0.05) is 13.2 Å². The molecule has 0 spiro atoms. The quantitative estimate of drug-likeness (QED) is 0.707. The summed E-state index contributed by atoms with van der Waals surface area (Å²) in [5.74, 6) is 1.76. The van der Waals surface area contributed by atoms with Crippen molar-refractivity contribution in [3.05, 3.63) is 0 Å². The summed E-state index contributed by atoms with van der Waals surface area (Å²) in [6.07, 6.45) is 6.49. The fourth-order valence-corrected chi connectivity index (χ4v) is 2.91. The number of hydrogen-bond donors (Lipinski definition) is 1. The van der Waals surface area contributed by atoms with Gasteiger partial charge in [0.05, 0.1) is 0 Å². The van der Waals surface area contributed by atoms with Gasteiger partial charge in [-0.05, 0) is 62.8 Å². The predicted octanol–water partition coefficient (Wildman–Crippen LogP) is 3.20. The van der Waals surface area contributed by atoms with Crippen LogP contribution in [0.15, 0.2) is 0 Å². The van der Waals surface area contributed by atoms with Gasteiger partial charge in [-0.3, -0.25) is 0 Å². The monoisotopic (exact) mass is 227 g/mol. The van der Waals surface area contributed by atoms with Crippen LogP contribution in [0.25, 0.3) is 0 Å². The third-order valence-electron chi connectivity index (χ3n) is 4.45. The van der Waals surface area contributed by atoms with E-state index in [4.69, 9.17) is 10.5 Å². The average Bonchev–Trinajstić information content (AvgIpc) is 2.30. The van der Waals surface area contributed by atoms with Crippen LogP contribution in [0.4, 0.5) is 0 Å². The first-order valence-corrected chi connectivity index (χ1v) is 6.91. The highest BCUT2D eigenvalue weighted by Crippen LogP contribution is 2.42.